The maximum atomic E-state index is 14.1. The number of halogens is 3. The molecule has 0 aliphatic carbocycles. The van der Waals surface area contributed by atoms with Crippen LogP contribution in [0, 0.1) is 11.6 Å². The Kier molecular flexibility index (Phi) is 4.77. The van der Waals surface area contributed by atoms with Crippen molar-refractivity contribution >= 4 is 39.9 Å². The largest absolute Gasteiger partial charge is 0.327 e. The summed E-state index contributed by atoms with van der Waals surface area (Å²) in [7, 11) is 0. The van der Waals surface area contributed by atoms with Crippen LogP contribution in [0.2, 0.25) is 5.02 Å². The van der Waals surface area contributed by atoms with Gasteiger partial charge in [-0.25, -0.2) is 13.8 Å². The molecule has 0 bridgehead atoms. The van der Waals surface area contributed by atoms with Gasteiger partial charge in [-0.1, -0.05) is 11.6 Å². The van der Waals surface area contributed by atoms with Crippen LogP contribution in [-0.4, -0.2) is 34.3 Å². The van der Waals surface area contributed by atoms with Gasteiger partial charge >= 0.3 is 0 Å². The smallest absolute Gasteiger partial charge is 0.257 e. The molecule has 1 fully saturated rings. The van der Waals surface area contributed by atoms with E-state index in [-0.39, 0.29) is 11.5 Å². The monoisotopic (exact) mass is 371 g/mol. The second-order valence-corrected chi connectivity index (χ2v) is 6.48. The molecule has 1 aromatic carbocycles. The standard InChI is InChI=1S/C15H12ClF2N3O2S/c16-11-9(17)4-3-8(12(11)18)14(23)21-6-1-2-10(21)13(22)20-15-19-5-7-24-15/h3-5,7,10H,1-2,6H2,(H,19,20,22)/t10-/m0/s1. The molecule has 0 radical (unpaired) electrons. The molecule has 3 rings (SSSR count). The lowest BCUT2D eigenvalue weighted by atomic mass is 10.1. The van der Waals surface area contributed by atoms with E-state index in [0.717, 1.165) is 12.1 Å². The number of hydrogen-bond donors (Lipinski definition) is 1. The van der Waals surface area contributed by atoms with Crippen molar-refractivity contribution < 1.29 is 18.4 Å². The van der Waals surface area contributed by atoms with Crippen LogP contribution >= 0.6 is 22.9 Å². The minimum Gasteiger partial charge on any atom is -0.327 e. The number of benzene rings is 1. The Balaban J connectivity index is 1.81. The molecule has 24 heavy (non-hydrogen) atoms. The van der Waals surface area contributed by atoms with E-state index in [0.29, 0.717) is 24.5 Å². The van der Waals surface area contributed by atoms with Gasteiger partial charge < -0.3 is 10.2 Å². The molecule has 2 amide bonds. The molecular weight excluding hydrogens is 360 g/mol. The van der Waals surface area contributed by atoms with Gasteiger partial charge in [0.05, 0.1) is 5.56 Å². The van der Waals surface area contributed by atoms with Crippen LogP contribution < -0.4 is 5.32 Å². The number of carbonyl (C=O) groups excluding carboxylic acids is 2. The molecule has 1 aliphatic heterocycles. The van der Waals surface area contributed by atoms with Crippen molar-refractivity contribution in [1.82, 2.24) is 9.88 Å². The lowest BCUT2D eigenvalue weighted by molar-refractivity contribution is -0.119. The first-order valence-electron chi connectivity index (χ1n) is 7.14. The van der Waals surface area contributed by atoms with Crippen LogP contribution in [0.3, 0.4) is 0 Å². The van der Waals surface area contributed by atoms with Crippen molar-refractivity contribution in [1.29, 1.82) is 0 Å². The Labute approximate surface area is 145 Å². The number of rotatable bonds is 3. The zero-order chi connectivity index (χ0) is 17.3. The first-order valence-corrected chi connectivity index (χ1v) is 8.39. The van der Waals surface area contributed by atoms with E-state index in [9.17, 15) is 18.4 Å². The van der Waals surface area contributed by atoms with Gasteiger partial charge in [-0.2, -0.15) is 0 Å². The summed E-state index contributed by atoms with van der Waals surface area (Å²) in [5.74, 6) is -3.13. The number of aromatic nitrogens is 1. The minimum atomic E-state index is -1.12. The molecule has 0 spiro atoms. The third-order valence-electron chi connectivity index (χ3n) is 3.74. The molecule has 1 aromatic heterocycles. The van der Waals surface area contributed by atoms with Crippen LogP contribution in [0.1, 0.15) is 23.2 Å². The highest BCUT2D eigenvalue weighted by molar-refractivity contribution is 7.13. The van der Waals surface area contributed by atoms with E-state index < -0.39 is 28.6 Å². The summed E-state index contributed by atoms with van der Waals surface area (Å²) in [6.45, 7) is 0.309. The van der Waals surface area contributed by atoms with E-state index in [1.54, 1.807) is 11.6 Å². The van der Waals surface area contributed by atoms with Gasteiger partial charge in [-0.3, -0.25) is 9.59 Å². The van der Waals surface area contributed by atoms with Crippen LogP contribution in [0.5, 0.6) is 0 Å². The summed E-state index contributed by atoms with van der Waals surface area (Å²) in [5.41, 5.74) is -0.352. The highest BCUT2D eigenvalue weighted by Crippen LogP contribution is 2.27. The predicted octanol–water partition coefficient (Wildman–Crippen LogP) is 3.32. The molecule has 126 valence electrons. The van der Waals surface area contributed by atoms with Crippen LogP contribution in [-0.2, 0) is 4.79 Å². The van der Waals surface area contributed by atoms with Gasteiger partial charge in [0.1, 0.15) is 16.9 Å². The number of anilines is 1. The second kappa shape index (κ2) is 6.82. The van der Waals surface area contributed by atoms with Crippen molar-refractivity contribution in [3.63, 3.8) is 0 Å². The highest BCUT2D eigenvalue weighted by atomic mass is 35.5. The Morgan fingerprint density at radius 1 is 1.38 bits per heavy atom. The van der Waals surface area contributed by atoms with Crippen LogP contribution in [0.4, 0.5) is 13.9 Å². The fourth-order valence-electron chi connectivity index (χ4n) is 2.60. The lowest BCUT2D eigenvalue weighted by Gasteiger charge is -2.24. The topological polar surface area (TPSA) is 62.3 Å². The molecule has 1 saturated heterocycles. The third-order valence-corrected chi connectivity index (χ3v) is 4.78. The average Bonchev–Trinajstić information content (AvgIpc) is 3.23. The summed E-state index contributed by atoms with van der Waals surface area (Å²) in [6.07, 6.45) is 2.62. The molecule has 0 saturated carbocycles. The maximum Gasteiger partial charge on any atom is 0.257 e. The molecule has 1 aliphatic rings. The molecular formula is C15H12ClF2N3O2S. The van der Waals surface area contributed by atoms with E-state index in [2.05, 4.69) is 10.3 Å². The Morgan fingerprint density at radius 3 is 2.88 bits per heavy atom. The molecule has 2 heterocycles. The maximum absolute atomic E-state index is 14.1. The SMILES string of the molecule is O=C(Nc1nccs1)[C@@H]1CCCN1C(=O)c1ccc(F)c(Cl)c1F. The predicted molar refractivity (Wildman–Crippen MR) is 86.2 cm³/mol. The van der Waals surface area contributed by atoms with Gasteiger partial charge in [0.2, 0.25) is 5.91 Å². The van der Waals surface area contributed by atoms with Crippen molar-refractivity contribution in [3.05, 3.63) is 45.9 Å². The lowest BCUT2D eigenvalue weighted by Crippen LogP contribution is -2.43. The highest BCUT2D eigenvalue weighted by Gasteiger charge is 2.36. The summed E-state index contributed by atoms with van der Waals surface area (Å²) in [4.78, 5) is 30.1. The number of amides is 2. The van der Waals surface area contributed by atoms with Gasteiger partial charge in [0.15, 0.2) is 10.9 Å². The molecule has 1 N–H and O–H groups in total. The second-order valence-electron chi connectivity index (χ2n) is 5.21. The summed E-state index contributed by atoms with van der Waals surface area (Å²) >= 11 is 6.78. The first kappa shape index (κ1) is 16.8. The summed E-state index contributed by atoms with van der Waals surface area (Å²) in [5, 5.41) is 4.04. The molecule has 5 nitrogen and oxygen atoms in total. The van der Waals surface area contributed by atoms with Gasteiger partial charge in [-0.05, 0) is 25.0 Å². The molecule has 0 unspecified atom stereocenters. The number of nitrogens with zero attached hydrogens (tertiary/aromatic N) is 2. The Hall–Kier alpha value is -2.06. The average molecular weight is 372 g/mol. The first-order chi connectivity index (χ1) is 11.5. The quantitative estimate of drug-likeness (QED) is 0.842. The Bertz CT molecular complexity index is 785. The minimum absolute atomic E-state index is 0.309. The van der Waals surface area contributed by atoms with Crippen molar-refractivity contribution in [2.75, 3.05) is 11.9 Å². The molecule has 1 atom stereocenters. The fourth-order valence-corrected chi connectivity index (χ4v) is 3.30. The normalized spacial score (nSPS) is 17.1. The van der Waals surface area contributed by atoms with Gasteiger partial charge in [0, 0.05) is 18.1 Å². The molecule has 9 heteroatoms. The number of nitrogens with one attached hydrogen (secondary N) is 1. The van der Waals surface area contributed by atoms with E-state index in [1.165, 1.54) is 16.2 Å². The number of thiazole rings is 1. The Morgan fingerprint density at radius 2 is 2.17 bits per heavy atom. The van der Waals surface area contributed by atoms with E-state index in [1.807, 2.05) is 0 Å². The third kappa shape index (κ3) is 3.11. The van der Waals surface area contributed by atoms with Crippen molar-refractivity contribution in [2.24, 2.45) is 0 Å². The zero-order valence-electron chi connectivity index (χ0n) is 12.3. The molecule has 2 aromatic rings. The van der Waals surface area contributed by atoms with Gasteiger partial charge in [-0.15, -0.1) is 11.3 Å². The van der Waals surface area contributed by atoms with Crippen molar-refractivity contribution in [3.8, 4) is 0 Å². The van der Waals surface area contributed by atoms with Crippen molar-refractivity contribution in [2.45, 2.75) is 18.9 Å². The fraction of sp³-hybridized carbons (Fsp3) is 0.267. The summed E-state index contributed by atoms with van der Waals surface area (Å²) in [6, 6.07) is 1.23. The number of carbonyl (C=O) groups is 2. The zero-order valence-corrected chi connectivity index (χ0v) is 13.8. The van der Waals surface area contributed by atoms with E-state index >= 15 is 0 Å². The number of likely N-dealkylation sites (tertiary alicyclic amines) is 1. The van der Waals surface area contributed by atoms with E-state index in [4.69, 9.17) is 11.6 Å². The number of hydrogen-bond acceptors (Lipinski definition) is 4. The summed E-state index contributed by atoms with van der Waals surface area (Å²) < 4.78 is 27.3. The van der Waals surface area contributed by atoms with Crippen LogP contribution in [0.25, 0.3) is 0 Å². The van der Waals surface area contributed by atoms with Gasteiger partial charge in [0.25, 0.3) is 5.91 Å². The van der Waals surface area contributed by atoms with Crippen LogP contribution in [0.15, 0.2) is 23.7 Å².